The number of nitro groups is 1. The molecule has 1 aromatic carbocycles. The van der Waals surface area contributed by atoms with Crippen LogP contribution in [0.3, 0.4) is 0 Å². The Kier molecular flexibility index (Phi) is 6.11. The molecule has 1 aliphatic rings. The fourth-order valence-corrected chi connectivity index (χ4v) is 3.50. The minimum Gasteiger partial charge on any atom is -0.336 e. The van der Waals surface area contributed by atoms with Crippen LogP contribution >= 0.6 is 0 Å². The average molecular weight is 425 g/mol. The number of piperazine rings is 1. The summed E-state index contributed by atoms with van der Waals surface area (Å²) in [5, 5.41) is 14.7. The number of amides is 1. The van der Waals surface area contributed by atoms with E-state index in [1.165, 1.54) is 17.0 Å². The zero-order chi connectivity index (χ0) is 22.1. The van der Waals surface area contributed by atoms with Crippen LogP contribution in [0.15, 0.2) is 30.5 Å². The van der Waals surface area contributed by atoms with Gasteiger partial charge in [0.25, 0.3) is 11.6 Å². The number of carbonyl (C=O) groups excluding carboxylic acids is 1. The van der Waals surface area contributed by atoms with Crippen LogP contribution in [0.2, 0.25) is 0 Å². The molecular formula is C19H22F3N5O3. The number of non-ortho nitro benzene ring substituents is 1. The van der Waals surface area contributed by atoms with Gasteiger partial charge in [-0.05, 0) is 19.4 Å². The van der Waals surface area contributed by atoms with Crippen molar-refractivity contribution in [1.82, 2.24) is 19.6 Å². The van der Waals surface area contributed by atoms with Crippen LogP contribution in [0.4, 0.5) is 18.9 Å². The number of alkyl halides is 3. The van der Waals surface area contributed by atoms with E-state index in [2.05, 4.69) is 5.10 Å². The second-order valence-electron chi connectivity index (χ2n) is 7.44. The molecule has 0 radical (unpaired) electrons. The Morgan fingerprint density at radius 1 is 1.23 bits per heavy atom. The minimum absolute atomic E-state index is 0.00292. The number of aromatic nitrogens is 2. The second-order valence-corrected chi connectivity index (χ2v) is 7.44. The van der Waals surface area contributed by atoms with Crippen LogP contribution < -0.4 is 0 Å². The van der Waals surface area contributed by atoms with Crippen LogP contribution in [-0.2, 0) is 12.7 Å². The summed E-state index contributed by atoms with van der Waals surface area (Å²) in [4.78, 5) is 26.6. The Bertz CT molecular complexity index is 934. The SMILES string of the molecule is CC(C)n1ncc(C(=O)N2CCN(Cc3cccc([N+](=O)[O-])c3)CC2)c1C(F)(F)F. The fraction of sp³-hybridized carbons (Fsp3) is 0.474. The van der Waals surface area contributed by atoms with Crippen LogP contribution in [-0.4, -0.2) is 56.6 Å². The Balaban J connectivity index is 1.68. The van der Waals surface area contributed by atoms with Gasteiger partial charge in [-0.25, -0.2) is 0 Å². The van der Waals surface area contributed by atoms with E-state index in [9.17, 15) is 28.1 Å². The maximum atomic E-state index is 13.5. The van der Waals surface area contributed by atoms with Gasteiger partial charge in [-0.2, -0.15) is 18.3 Å². The molecule has 2 aromatic rings. The first kappa shape index (κ1) is 21.8. The van der Waals surface area contributed by atoms with Crippen molar-refractivity contribution < 1.29 is 22.9 Å². The van der Waals surface area contributed by atoms with Crippen LogP contribution in [0.25, 0.3) is 0 Å². The van der Waals surface area contributed by atoms with Crippen LogP contribution in [0, 0.1) is 10.1 Å². The maximum Gasteiger partial charge on any atom is 0.433 e. The number of nitro benzene ring substituents is 1. The van der Waals surface area contributed by atoms with E-state index in [0.717, 1.165) is 16.4 Å². The van der Waals surface area contributed by atoms with Gasteiger partial charge >= 0.3 is 6.18 Å². The van der Waals surface area contributed by atoms with Crippen molar-refractivity contribution in [3.05, 3.63) is 57.4 Å². The fourth-order valence-electron chi connectivity index (χ4n) is 3.50. The predicted octanol–water partition coefficient (Wildman–Crippen LogP) is 3.35. The highest BCUT2D eigenvalue weighted by atomic mass is 19.4. The molecule has 8 nitrogen and oxygen atoms in total. The number of hydrogen-bond acceptors (Lipinski definition) is 5. The van der Waals surface area contributed by atoms with E-state index in [1.54, 1.807) is 26.0 Å². The molecule has 0 spiro atoms. The number of benzene rings is 1. The highest BCUT2D eigenvalue weighted by Crippen LogP contribution is 2.34. The van der Waals surface area contributed by atoms with E-state index in [1.807, 2.05) is 4.90 Å². The highest BCUT2D eigenvalue weighted by molar-refractivity contribution is 5.95. The van der Waals surface area contributed by atoms with Crippen molar-refractivity contribution in [3.8, 4) is 0 Å². The first-order valence-electron chi connectivity index (χ1n) is 9.47. The van der Waals surface area contributed by atoms with Gasteiger partial charge in [0.2, 0.25) is 0 Å². The van der Waals surface area contributed by atoms with Gasteiger partial charge < -0.3 is 4.90 Å². The summed E-state index contributed by atoms with van der Waals surface area (Å²) >= 11 is 0. The Morgan fingerprint density at radius 2 is 1.90 bits per heavy atom. The quantitative estimate of drug-likeness (QED) is 0.542. The summed E-state index contributed by atoms with van der Waals surface area (Å²) < 4.78 is 41.4. The van der Waals surface area contributed by atoms with E-state index < -0.39 is 34.3 Å². The topological polar surface area (TPSA) is 84.5 Å². The van der Waals surface area contributed by atoms with E-state index in [-0.39, 0.29) is 18.8 Å². The van der Waals surface area contributed by atoms with Crippen molar-refractivity contribution in [2.24, 2.45) is 0 Å². The molecule has 11 heteroatoms. The number of carbonyl (C=O) groups is 1. The molecule has 0 bridgehead atoms. The minimum atomic E-state index is -4.68. The largest absolute Gasteiger partial charge is 0.433 e. The molecule has 1 aromatic heterocycles. The van der Waals surface area contributed by atoms with Crippen molar-refractivity contribution in [1.29, 1.82) is 0 Å². The lowest BCUT2D eigenvalue weighted by atomic mass is 10.1. The van der Waals surface area contributed by atoms with Crippen LogP contribution in [0.1, 0.15) is 41.5 Å². The molecule has 1 amide bonds. The number of halogens is 3. The Morgan fingerprint density at radius 3 is 2.47 bits per heavy atom. The van der Waals surface area contributed by atoms with Crippen LogP contribution in [0.5, 0.6) is 0 Å². The molecule has 30 heavy (non-hydrogen) atoms. The van der Waals surface area contributed by atoms with Gasteiger partial charge in [0.05, 0.1) is 16.7 Å². The summed E-state index contributed by atoms with van der Waals surface area (Å²) in [6.07, 6.45) is -3.70. The molecule has 0 aliphatic carbocycles. The second kappa shape index (κ2) is 8.42. The maximum absolute atomic E-state index is 13.5. The van der Waals surface area contributed by atoms with Crippen molar-refractivity contribution in [3.63, 3.8) is 0 Å². The summed E-state index contributed by atoms with van der Waals surface area (Å²) in [5.74, 6) is -0.691. The number of rotatable bonds is 5. The highest BCUT2D eigenvalue weighted by Gasteiger charge is 2.41. The summed E-state index contributed by atoms with van der Waals surface area (Å²) in [5.41, 5.74) is -0.699. The molecule has 162 valence electrons. The Labute approximate surface area is 171 Å². The third-order valence-corrected chi connectivity index (χ3v) is 4.97. The monoisotopic (exact) mass is 425 g/mol. The number of hydrogen-bond donors (Lipinski definition) is 0. The van der Waals surface area contributed by atoms with E-state index in [4.69, 9.17) is 0 Å². The van der Waals surface area contributed by atoms with Gasteiger partial charge in [0, 0.05) is 50.9 Å². The lowest BCUT2D eigenvalue weighted by molar-refractivity contribution is -0.384. The van der Waals surface area contributed by atoms with Crippen molar-refractivity contribution in [2.75, 3.05) is 26.2 Å². The lowest BCUT2D eigenvalue weighted by Crippen LogP contribution is -2.48. The van der Waals surface area contributed by atoms with Gasteiger partial charge in [0.15, 0.2) is 5.69 Å². The predicted molar refractivity (Wildman–Crippen MR) is 102 cm³/mol. The van der Waals surface area contributed by atoms with Crippen molar-refractivity contribution in [2.45, 2.75) is 32.6 Å². The van der Waals surface area contributed by atoms with Crippen molar-refractivity contribution >= 4 is 11.6 Å². The summed E-state index contributed by atoms with van der Waals surface area (Å²) in [7, 11) is 0. The van der Waals surface area contributed by atoms with E-state index >= 15 is 0 Å². The molecule has 0 N–H and O–H groups in total. The third-order valence-electron chi connectivity index (χ3n) is 4.97. The molecule has 3 rings (SSSR count). The summed E-state index contributed by atoms with van der Waals surface area (Å²) in [6.45, 7) is 5.03. The molecule has 1 aliphatic heterocycles. The zero-order valence-corrected chi connectivity index (χ0v) is 16.6. The molecule has 0 unspecified atom stereocenters. The Hall–Kier alpha value is -2.95. The first-order chi connectivity index (χ1) is 14.1. The van der Waals surface area contributed by atoms with E-state index in [0.29, 0.717) is 19.6 Å². The molecule has 0 saturated carbocycles. The average Bonchev–Trinajstić information content (AvgIpc) is 3.14. The smallest absolute Gasteiger partial charge is 0.336 e. The molecule has 2 heterocycles. The lowest BCUT2D eigenvalue weighted by Gasteiger charge is -2.34. The zero-order valence-electron chi connectivity index (χ0n) is 16.6. The van der Waals surface area contributed by atoms with Gasteiger partial charge in [-0.15, -0.1) is 0 Å². The van der Waals surface area contributed by atoms with Gasteiger partial charge in [-0.3, -0.25) is 24.5 Å². The molecule has 1 saturated heterocycles. The first-order valence-corrected chi connectivity index (χ1v) is 9.47. The van der Waals surface area contributed by atoms with Gasteiger partial charge in [0.1, 0.15) is 0 Å². The molecule has 1 fully saturated rings. The third kappa shape index (κ3) is 4.61. The number of nitrogens with zero attached hydrogens (tertiary/aromatic N) is 5. The molecular weight excluding hydrogens is 403 g/mol. The standard InChI is InChI=1S/C19H22F3N5O3/c1-13(2)26-17(19(20,21)22)16(11-23-26)18(28)25-8-6-24(7-9-25)12-14-4-3-5-15(10-14)27(29)30/h3-5,10-11,13H,6-9,12H2,1-2H3. The normalized spacial score (nSPS) is 15.6. The summed E-state index contributed by atoms with van der Waals surface area (Å²) in [6, 6.07) is 5.76. The van der Waals surface area contributed by atoms with Gasteiger partial charge in [-0.1, -0.05) is 12.1 Å². The molecule has 0 atom stereocenters.